The summed E-state index contributed by atoms with van der Waals surface area (Å²) in [7, 11) is 0. The Morgan fingerprint density at radius 1 is 2.00 bits per heavy atom. The maximum atomic E-state index is 5.26. The van der Waals surface area contributed by atoms with Crippen LogP contribution in [0.2, 0.25) is 0 Å². The van der Waals surface area contributed by atoms with E-state index in [0.717, 1.165) is 0 Å². The molecule has 0 amide bonds. The lowest BCUT2D eigenvalue weighted by atomic mass is 10.4. The normalized spacial score (nSPS) is 24.0. The molecular formula is C8H11NO2S. The third-order valence-corrected chi connectivity index (χ3v) is 1.76. The fourth-order valence-corrected chi connectivity index (χ4v) is 1.04. The summed E-state index contributed by atoms with van der Waals surface area (Å²) in [5, 5.41) is 3.33. The van der Waals surface area contributed by atoms with Crippen LogP contribution in [0.4, 0.5) is 0 Å². The molecule has 66 valence electrons. The quantitative estimate of drug-likeness (QED) is 0.506. The zero-order valence-corrected chi connectivity index (χ0v) is 7.69. The maximum absolute atomic E-state index is 5.26. The molecule has 0 aliphatic carbocycles. The van der Waals surface area contributed by atoms with E-state index in [1.807, 2.05) is 6.92 Å². The van der Waals surface area contributed by atoms with Crippen molar-refractivity contribution in [2.75, 3.05) is 13.2 Å². The van der Waals surface area contributed by atoms with Gasteiger partial charge >= 0.3 is 0 Å². The van der Waals surface area contributed by atoms with Gasteiger partial charge in [0.25, 0.3) is 5.17 Å². The second-order valence-corrected chi connectivity index (χ2v) is 2.92. The largest absolute Gasteiger partial charge is 0.463 e. The van der Waals surface area contributed by atoms with Crippen molar-refractivity contribution in [1.82, 2.24) is 5.32 Å². The average Bonchev–Trinajstić information content (AvgIpc) is 2.47. The molecule has 4 heteroatoms. The number of hydrogen-bond donors (Lipinski definition) is 1. The first-order chi connectivity index (χ1) is 5.72. The fourth-order valence-electron chi connectivity index (χ4n) is 0.825. The van der Waals surface area contributed by atoms with Crippen molar-refractivity contribution < 1.29 is 9.47 Å². The van der Waals surface area contributed by atoms with Crippen molar-refractivity contribution in [2.24, 2.45) is 0 Å². The van der Waals surface area contributed by atoms with E-state index in [0.29, 0.717) is 18.3 Å². The van der Waals surface area contributed by atoms with Crippen molar-refractivity contribution in [3.8, 4) is 12.3 Å². The molecule has 1 aliphatic heterocycles. The Balaban J connectivity index is 2.17. The van der Waals surface area contributed by atoms with Crippen LogP contribution < -0.4 is 5.32 Å². The van der Waals surface area contributed by atoms with Gasteiger partial charge in [0.05, 0.1) is 13.2 Å². The van der Waals surface area contributed by atoms with Gasteiger partial charge in [0.2, 0.25) is 0 Å². The van der Waals surface area contributed by atoms with Gasteiger partial charge in [-0.05, 0) is 19.1 Å². The topological polar surface area (TPSA) is 30.5 Å². The van der Waals surface area contributed by atoms with Gasteiger partial charge in [-0.2, -0.15) is 0 Å². The molecule has 0 bridgehead atoms. The Bertz CT molecular complexity index is 212. The molecule has 0 aromatic carbocycles. The van der Waals surface area contributed by atoms with Crippen molar-refractivity contribution in [3.05, 3.63) is 0 Å². The first kappa shape index (κ1) is 9.30. The highest BCUT2D eigenvalue weighted by Gasteiger charge is 2.20. The average molecular weight is 185 g/mol. The molecule has 2 atom stereocenters. The molecule has 1 aliphatic rings. The zero-order valence-electron chi connectivity index (χ0n) is 6.87. The molecule has 3 nitrogen and oxygen atoms in total. The third-order valence-electron chi connectivity index (χ3n) is 1.51. The SMILES string of the molecule is C#C[C@H](C)OC[C@H]1CNC(=S)O1. The molecule has 1 N–H and O–H groups in total. The van der Waals surface area contributed by atoms with Crippen molar-refractivity contribution in [2.45, 2.75) is 19.1 Å². The van der Waals surface area contributed by atoms with E-state index in [1.165, 1.54) is 0 Å². The van der Waals surface area contributed by atoms with Crippen molar-refractivity contribution >= 4 is 17.4 Å². The number of rotatable bonds is 3. The first-order valence-electron chi connectivity index (χ1n) is 3.74. The summed E-state index contributed by atoms with van der Waals surface area (Å²) in [4.78, 5) is 0. The molecule has 1 saturated heterocycles. The summed E-state index contributed by atoms with van der Waals surface area (Å²) >= 11 is 4.78. The van der Waals surface area contributed by atoms with Gasteiger partial charge in [0, 0.05) is 0 Å². The minimum absolute atomic E-state index is 0.00769. The summed E-state index contributed by atoms with van der Waals surface area (Å²) in [5.74, 6) is 2.47. The van der Waals surface area contributed by atoms with Gasteiger partial charge in [0.1, 0.15) is 12.2 Å². The fraction of sp³-hybridized carbons (Fsp3) is 0.625. The number of hydrogen-bond acceptors (Lipinski definition) is 3. The minimum Gasteiger partial charge on any atom is -0.463 e. The molecule has 0 saturated carbocycles. The van der Waals surface area contributed by atoms with Crippen LogP contribution in [-0.4, -0.2) is 30.5 Å². The Kier molecular flexibility index (Phi) is 3.32. The predicted molar refractivity (Wildman–Crippen MR) is 49.7 cm³/mol. The molecule has 0 radical (unpaired) electrons. The van der Waals surface area contributed by atoms with Crippen LogP contribution in [-0.2, 0) is 9.47 Å². The van der Waals surface area contributed by atoms with Crippen LogP contribution >= 0.6 is 12.2 Å². The van der Waals surface area contributed by atoms with Crippen LogP contribution in [0.1, 0.15) is 6.92 Å². The standard InChI is InChI=1S/C8H11NO2S/c1-3-6(2)10-5-7-4-9-8(12)11-7/h1,6-7H,4-5H2,2H3,(H,9,12)/t6-,7+/m0/s1. The number of terminal acetylenes is 1. The van der Waals surface area contributed by atoms with E-state index in [2.05, 4.69) is 11.2 Å². The molecule has 0 aromatic heterocycles. The van der Waals surface area contributed by atoms with Crippen molar-refractivity contribution in [1.29, 1.82) is 0 Å². The smallest absolute Gasteiger partial charge is 0.257 e. The Morgan fingerprint density at radius 2 is 2.75 bits per heavy atom. The van der Waals surface area contributed by atoms with E-state index in [9.17, 15) is 0 Å². The molecule has 0 aromatic rings. The highest BCUT2D eigenvalue weighted by atomic mass is 32.1. The highest BCUT2D eigenvalue weighted by Crippen LogP contribution is 2.02. The van der Waals surface area contributed by atoms with Gasteiger partial charge in [0.15, 0.2) is 0 Å². The minimum atomic E-state index is -0.164. The lowest BCUT2D eigenvalue weighted by Gasteiger charge is -2.10. The predicted octanol–water partition coefficient (Wildman–Crippen LogP) is 0.298. The summed E-state index contributed by atoms with van der Waals surface area (Å²) in [5.41, 5.74) is 0. The molecule has 1 heterocycles. The molecule has 12 heavy (non-hydrogen) atoms. The Labute approximate surface area is 77.4 Å². The van der Waals surface area contributed by atoms with Gasteiger partial charge in [-0.25, -0.2) is 0 Å². The molecule has 1 rings (SSSR count). The Morgan fingerprint density at radius 3 is 3.25 bits per heavy atom. The van der Waals surface area contributed by atoms with E-state index in [-0.39, 0.29) is 12.2 Å². The van der Waals surface area contributed by atoms with Gasteiger partial charge in [-0.3, -0.25) is 0 Å². The van der Waals surface area contributed by atoms with Crippen LogP contribution in [0.5, 0.6) is 0 Å². The highest BCUT2D eigenvalue weighted by molar-refractivity contribution is 7.80. The molecule has 1 fully saturated rings. The van der Waals surface area contributed by atoms with E-state index in [4.69, 9.17) is 28.1 Å². The van der Waals surface area contributed by atoms with Gasteiger partial charge < -0.3 is 14.8 Å². The van der Waals surface area contributed by atoms with Gasteiger partial charge in [-0.1, -0.05) is 5.92 Å². The Hall–Kier alpha value is -0.790. The van der Waals surface area contributed by atoms with Gasteiger partial charge in [-0.15, -0.1) is 6.42 Å². The maximum Gasteiger partial charge on any atom is 0.257 e. The molecule has 0 spiro atoms. The van der Waals surface area contributed by atoms with E-state index < -0.39 is 0 Å². The number of ether oxygens (including phenoxy) is 2. The lowest BCUT2D eigenvalue weighted by Crippen LogP contribution is -2.22. The lowest BCUT2D eigenvalue weighted by molar-refractivity contribution is 0.0412. The number of nitrogens with one attached hydrogen (secondary N) is 1. The molecular weight excluding hydrogens is 174 g/mol. The van der Waals surface area contributed by atoms with Crippen LogP contribution in [0.3, 0.4) is 0 Å². The second kappa shape index (κ2) is 4.29. The summed E-state index contributed by atoms with van der Waals surface area (Å²) in [6.45, 7) is 3.01. The van der Waals surface area contributed by atoms with Crippen LogP contribution in [0.15, 0.2) is 0 Å². The number of thiocarbonyl (C=S) groups is 1. The zero-order chi connectivity index (χ0) is 8.97. The molecule has 0 unspecified atom stereocenters. The second-order valence-electron chi connectivity index (χ2n) is 2.55. The van der Waals surface area contributed by atoms with E-state index in [1.54, 1.807) is 0 Å². The third kappa shape index (κ3) is 2.68. The monoisotopic (exact) mass is 185 g/mol. The summed E-state index contributed by atoms with van der Waals surface area (Å²) in [6, 6.07) is 0. The van der Waals surface area contributed by atoms with E-state index >= 15 is 0 Å². The summed E-state index contributed by atoms with van der Waals surface area (Å²) < 4.78 is 10.4. The summed E-state index contributed by atoms with van der Waals surface area (Å²) in [6.07, 6.45) is 4.97. The van der Waals surface area contributed by atoms with Crippen molar-refractivity contribution in [3.63, 3.8) is 0 Å². The first-order valence-corrected chi connectivity index (χ1v) is 4.15. The van der Waals surface area contributed by atoms with Crippen LogP contribution in [0.25, 0.3) is 0 Å². The van der Waals surface area contributed by atoms with Crippen LogP contribution in [0, 0.1) is 12.3 Å².